The first kappa shape index (κ1) is 13.7. The molecule has 4 heteroatoms. The van der Waals surface area contributed by atoms with E-state index in [2.05, 4.69) is 34.2 Å². The summed E-state index contributed by atoms with van der Waals surface area (Å²) in [5, 5.41) is 4.69. The fraction of sp³-hybridized carbons (Fsp3) is 0.143. The summed E-state index contributed by atoms with van der Waals surface area (Å²) in [5.74, 6) is 0. The average Bonchev–Trinajstić information content (AvgIpc) is 2.33. The highest BCUT2D eigenvalue weighted by Crippen LogP contribution is 2.26. The molecule has 2 aromatic carbocycles. The topological polar surface area (TPSA) is 12.0 Å². The molecule has 0 amide bonds. The van der Waals surface area contributed by atoms with Crippen molar-refractivity contribution < 1.29 is 0 Å². The van der Waals surface area contributed by atoms with Gasteiger partial charge in [-0.25, -0.2) is 0 Å². The van der Waals surface area contributed by atoms with E-state index >= 15 is 0 Å². The number of aryl methyl sites for hydroxylation is 1. The standard InChI is InChI=1S/C14H12BrCl2N/c1-9-7-10(5-6-12(9)15)18-8-11-13(16)3-2-4-14(11)17/h2-7,18H,8H2,1H3. The molecule has 0 aromatic heterocycles. The van der Waals surface area contributed by atoms with Crippen LogP contribution in [0.5, 0.6) is 0 Å². The Balaban J connectivity index is 2.14. The van der Waals surface area contributed by atoms with Gasteiger partial charge in [-0.1, -0.05) is 45.2 Å². The van der Waals surface area contributed by atoms with Gasteiger partial charge < -0.3 is 5.32 Å². The Labute approximate surface area is 125 Å². The van der Waals surface area contributed by atoms with Crippen LogP contribution in [0, 0.1) is 6.92 Å². The fourth-order valence-corrected chi connectivity index (χ4v) is 2.42. The molecule has 0 saturated heterocycles. The van der Waals surface area contributed by atoms with Crippen LogP contribution in [0.15, 0.2) is 40.9 Å². The summed E-state index contributed by atoms with van der Waals surface area (Å²) in [5.41, 5.74) is 3.15. The van der Waals surface area contributed by atoms with Gasteiger partial charge in [-0.15, -0.1) is 0 Å². The molecular weight excluding hydrogens is 333 g/mol. The van der Waals surface area contributed by atoms with Gasteiger partial charge in [0, 0.05) is 32.3 Å². The first-order chi connectivity index (χ1) is 8.58. The number of halogens is 3. The number of benzene rings is 2. The lowest BCUT2D eigenvalue weighted by atomic mass is 10.2. The van der Waals surface area contributed by atoms with Crippen LogP contribution >= 0.6 is 39.1 Å². The van der Waals surface area contributed by atoms with Gasteiger partial charge in [0.2, 0.25) is 0 Å². The van der Waals surface area contributed by atoms with Crippen molar-refractivity contribution in [3.63, 3.8) is 0 Å². The molecule has 94 valence electrons. The van der Waals surface area contributed by atoms with Crippen LogP contribution in [0.25, 0.3) is 0 Å². The highest BCUT2D eigenvalue weighted by atomic mass is 79.9. The lowest BCUT2D eigenvalue weighted by Gasteiger charge is -2.10. The quantitative estimate of drug-likeness (QED) is 0.755. The summed E-state index contributed by atoms with van der Waals surface area (Å²) in [6, 6.07) is 11.6. The maximum absolute atomic E-state index is 6.12. The highest BCUT2D eigenvalue weighted by molar-refractivity contribution is 9.10. The summed E-state index contributed by atoms with van der Waals surface area (Å²) in [6.07, 6.45) is 0. The molecule has 0 aliphatic heterocycles. The van der Waals surface area contributed by atoms with Gasteiger partial charge in [-0.05, 0) is 42.8 Å². The molecular formula is C14H12BrCl2N. The van der Waals surface area contributed by atoms with E-state index in [1.807, 2.05) is 30.3 Å². The van der Waals surface area contributed by atoms with E-state index in [4.69, 9.17) is 23.2 Å². The van der Waals surface area contributed by atoms with Crippen LogP contribution in [-0.4, -0.2) is 0 Å². The summed E-state index contributed by atoms with van der Waals surface area (Å²) in [7, 11) is 0. The third-order valence-corrected chi connectivity index (χ3v) is 4.29. The number of anilines is 1. The molecule has 1 nitrogen and oxygen atoms in total. The Hall–Kier alpha value is -0.700. The minimum Gasteiger partial charge on any atom is -0.381 e. The van der Waals surface area contributed by atoms with Crippen molar-refractivity contribution in [1.29, 1.82) is 0 Å². The van der Waals surface area contributed by atoms with Gasteiger partial charge in [-0.2, -0.15) is 0 Å². The van der Waals surface area contributed by atoms with Crippen molar-refractivity contribution >= 4 is 44.8 Å². The van der Waals surface area contributed by atoms with E-state index in [0.29, 0.717) is 16.6 Å². The second kappa shape index (κ2) is 5.96. The van der Waals surface area contributed by atoms with Gasteiger partial charge in [0.15, 0.2) is 0 Å². The molecule has 0 radical (unpaired) electrons. The Morgan fingerprint density at radius 1 is 1.11 bits per heavy atom. The highest BCUT2D eigenvalue weighted by Gasteiger charge is 2.05. The number of nitrogens with one attached hydrogen (secondary N) is 1. The number of hydrogen-bond acceptors (Lipinski definition) is 1. The van der Waals surface area contributed by atoms with Crippen LogP contribution in [0.2, 0.25) is 10.0 Å². The summed E-state index contributed by atoms with van der Waals surface area (Å²) >= 11 is 15.7. The minimum atomic E-state index is 0.611. The molecule has 0 aliphatic carbocycles. The van der Waals surface area contributed by atoms with Gasteiger partial charge >= 0.3 is 0 Å². The zero-order chi connectivity index (χ0) is 13.1. The number of hydrogen-bond donors (Lipinski definition) is 1. The molecule has 0 atom stereocenters. The van der Waals surface area contributed by atoms with Crippen molar-refractivity contribution in [2.24, 2.45) is 0 Å². The minimum absolute atomic E-state index is 0.611. The lowest BCUT2D eigenvalue weighted by Crippen LogP contribution is -2.01. The molecule has 18 heavy (non-hydrogen) atoms. The fourth-order valence-electron chi connectivity index (χ4n) is 1.65. The van der Waals surface area contributed by atoms with Gasteiger partial charge in [0.1, 0.15) is 0 Å². The molecule has 2 rings (SSSR count). The zero-order valence-electron chi connectivity index (χ0n) is 9.81. The van der Waals surface area contributed by atoms with E-state index in [1.165, 1.54) is 5.56 Å². The third-order valence-electron chi connectivity index (χ3n) is 2.69. The van der Waals surface area contributed by atoms with Gasteiger partial charge in [-0.3, -0.25) is 0 Å². The Morgan fingerprint density at radius 3 is 2.39 bits per heavy atom. The van der Waals surface area contributed by atoms with Crippen molar-refractivity contribution in [2.45, 2.75) is 13.5 Å². The van der Waals surface area contributed by atoms with Crippen molar-refractivity contribution in [1.82, 2.24) is 0 Å². The second-order valence-electron chi connectivity index (χ2n) is 4.02. The summed E-state index contributed by atoms with van der Waals surface area (Å²) in [6.45, 7) is 2.66. The van der Waals surface area contributed by atoms with Crippen LogP contribution in [-0.2, 0) is 6.54 Å². The van der Waals surface area contributed by atoms with Crippen LogP contribution < -0.4 is 5.32 Å². The first-order valence-electron chi connectivity index (χ1n) is 5.51. The molecule has 0 spiro atoms. The molecule has 0 saturated carbocycles. The van der Waals surface area contributed by atoms with Crippen LogP contribution in [0.4, 0.5) is 5.69 Å². The molecule has 0 bridgehead atoms. The van der Waals surface area contributed by atoms with Gasteiger partial charge in [0.25, 0.3) is 0 Å². The van der Waals surface area contributed by atoms with E-state index in [0.717, 1.165) is 15.7 Å². The van der Waals surface area contributed by atoms with E-state index in [1.54, 1.807) is 0 Å². The Bertz CT molecular complexity index is 549. The summed E-state index contributed by atoms with van der Waals surface area (Å²) in [4.78, 5) is 0. The van der Waals surface area contributed by atoms with E-state index in [-0.39, 0.29) is 0 Å². The molecule has 2 aromatic rings. The predicted octanol–water partition coefficient (Wildman–Crippen LogP) is 5.68. The normalized spacial score (nSPS) is 10.4. The smallest absolute Gasteiger partial charge is 0.0470 e. The maximum atomic E-state index is 6.12. The lowest BCUT2D eigenvalue weighted by molar-refractivity contribution is 1.15. The maximum Gasteiger partial charge on any atom is 0.0470 e. The molecule has 0 unspecified atom stereocenters. The SMILES string of the molecule is Cc1cc(NCc2c(Cl)cccc2Cl)ccc1Br. The second-order valence-corrected chi connectivity index (χ2v) is 5.69. The zero-order valence-corrected chi connectivity index (χ0v) is 12.9. The Kier molecular flexibility index (Phi) is 4.55. The van der Waals surface area contributed by atoms with Crippen LogP contribution in [0.3, 0.4) is 0 Å². The van der Waals surface area contributed by atoms with E-state index in [9.17, 15) is 0 Å². The molecule has 0 heterocycles. The summed E-state index contributed by atoms with van der Waals surface area (Å²) < 4.78 is 1.10. The number of rotatable bonds is 3. The Morgan fingerprint density at radius 2 is 1.78 bits per heavy atom. The van der Waals surface area contributed by atoms with Crippen molar-refractivity contribution in [2.75, 3.05) is 5.32 Å². The largest absolute Gasteiger partial charge is 0.381 e. The monoisotopic (exact) mass is 343 g/mol. The van der Waals surface area contributed by atoms with Crippen molar-refractivity contribution in [3.8, 4) is 0 Å². The molecule has 0 aliphatic rings. The van der Waals surface area contributed by atoms with E-state index < -0.39 is 0 Å². The molecule has 1 N–H and O–H groups in total. The predicted molar refractivity (Wildman–Crippen MR) is 82.7 cm³/mol. The molecule has 0 fully saturated rings. The third kappa shape index (κ3) is 3.19. The average molecular weight is 345 g/mol. The van der Waals surface area contributed by atoms with Crippen LogP contribution in [0.1, 0.15) is 11.1 Å². The van der Waals surface area contributed by atoms with Crippen molar-refractivity contribution in [3.05, 3.63) is 62.0 Å². The first-order valence-corrected chi connectivity index (χ1v) is 7.06. The van der Waals surface area contributed by atoms with Gasteiger partial charge in [0.05, 0.1) is 0 Å².